The first-order valence-electron chi connectivity index (χ1n) is 15.2. The van der Waals surface area contributed by atoms with Gasteiger partial charge in [-0.3, -0.25) is 0 Å². The number of amides is 2. The molecule has 3 aromatic rings. The molecule has 0 bridgehead atoms. The van der Waals surface area contributed by atoms with Crippen molar-refractivity contribution in [2.75, 3.05) is 26.2 Å². The minimum atomic E-state index is -0.499. The van der Waals surface area contributed by atoms with Crippen LogP contribution in [0, 0.1) is 0 Å². The molecule has 3 heterocycles. The summed E-state index contributed by atoms with van der Waals surface area (Å²) in [5.41, 5.74) is 5.65. The maximum absolute atomic E-state index is 12.4. The molecule has 232 valence electrons. The van der Waals surface area contributed by atoms with Gasteiger partial charge in [-0.2, -0.15) is 5.10 Å². The topological polar surface area (TPSA) is 89.8 Å². The minimum Gasteiger partial charge on any atom is -0.444 e. The average Bonchev–Trinajstić information content (AvgIpc) is 3.37. The second-order valence-electron chi connectivity index (χ2n) is 13.3. The molecule has 0 N–H and O–H groups in total. The van der Waals surface area contributed by atoms with Crippen LogP contribution in [-0.2, 0) is 16.5 Å². The fraction of sp³-hybridized carbons (Fsp3) is 0.429. The zero-order chi connectivity index (χ0) is 31.6. The van der Waals surface area contributed by atoms with Crippen molar-refractivity contribution in [2.45, 2.75) is 65.6 Å². The van der Waals surface area contributed by atoms with E-state index in [4.69, 9.17) is 19.6 Å². The van der Waals surface area contributed by atoms with Crippen molar-refractivity contribution < 1.29 is 19.1 Å². The molecular weight excluding hydrogens is 554 g/mol. The van der Waals surface area contributed by atoms with Gasteiger partial charge in [0.1, 0.15) is 11.2 Å². The van der Waals surface area contributed by atoms with Crippen LogP contribution in [0.1, 0.15) is 65.5 Å². The molecule has 0 fully saturated rings. The van der Waals surface area contributed by atoms with Gasteiger partial charge in [-0.15, -0.1) is 0 Å². The molecule has 2 aliphatic rings. The van der Waals surface area contributed by atoms with E-state index in [2.05, 4.69) is 60.7 Å². The quantitative estimate of drug-likeness (QED) is 0.316. The van der Waals surface area contributed by atoms with E-state index in [0.717, 1.165) is 40.9 Å². The van der Waals surface area contributed by atoms with E-state index >= 15 is 0 Å². The Morgan fingerprint density at radius 2 is 1.07 bits per heavy atom. The first-order chi connectivity index (χ1) is 20.8. The van der Waals surface area contributed by atoms with Crippen LogP contribution in [0.2, 0.25) is 0 Å². The maximum Gasteiger partial charge on any atom is 0.410 e. The van der Waals surface area contributed by atoms with Gasteiger partial charge in [-0.05, 0) is 76.7 Å². The van der Waals surface area contributed by atoms with Crippen molar-refractivity contribution in [1.29, 1.82) is 0 Å². The van der Waals surface area contributed by atoms with Crippen LogP contribution in [-0.4, -0.2) is 74.1 Å². The Balaban J connectivity index is 1.22. The van der Waals surface area contributed by atoms with Gasteiger partial charge in [0.25, 0.3) is 0 Å². The lowest BCUT2D eigenvalue weighted by Crippen LogP contribution is -2.39. The number of nitrogens with zero attached hydrogens (tertiary/aromatic N) is 5. The van der Waals surface area contributed by atoms with Gasteiger partial charge < -0.3 is 19.3 Å². The summed E-state index contributed by atoms with van der Waals surface area (Å²) in [6.45, 7) is 13.6. The van der Waals surface area contributed by atoms with Crippen molar-refractivity contribution in [1.82, 2.24) is 24.6 Å². The van der Waals surface area contributed by atoms with Crippen molar-refractivity contribution >= 4 is 23.3 Å². The van der Waals surface area contributed by atoms with E-state index in [9.17, 15) is 9.59 Å². The summed E-state index contributed by atoms with van der Waals surface area (Å²) in [5, 5.41) is 4.69. The highest BCUT2D eigenvalue weighted by atomic mass is 16.6. The molecular formula is C35H43N5O4. The Morgan fingerprint density at radius 3 is 1.45 bits per heavy atom. The molecule has 0 radical (unpaired) electrons. The monoisotopic (exact) mass is 597 g/mol. The van der Waals surface area contributed by atoms with Crippen LogP contribution in [0.25, 0.3) is 33.9 Å². The van der Waals surface area contributed by atoms with E-state index in [1.807, 2.05) is 53.3 Å². The number of carbonyl (C=O) groups is 2. The zero-order valence-electron chi connectivity index (χ0n) is 26.9. The summed E-state index contributed by atoms with van der Waals surface area (Å²) < 4.78 is 12.8. The lowest BCUT2D eigenvalue weighted by atomic mass is 9.98. The highest BCUT2D eigenvalue weighted by Gasteiger charge is 2.25. The van der Waals surface area contributed by atoms with Crippen LogP contribution in [0.3, 0.4) is 0 Å². The molecule has 44 heavy (non-hydrogen) atoms. The predicted molar refractivity (Wildman–Crippen MR) is 173 cm³/mol. The van der Waals surface area contributed by atoms with Gasteiger partial charge in [0.05, 0.1) is 0 Å². The molecule has 9 heteroatoms. The van der Waals surface area contributed by atoms with Gasteiger partial charge in [-0.1, -0.05) is 60.7 Å². The van der Waals surface area contributed by atoms with E-state index < -0.39 is 11.2 Å². The SMILES string of the molecule is Cn1nc(-c2ccc(C3=CCN(C(=O)OC(C)(C)C)CC3)cc2)nc1-c1ccc(C2=CCN(C(=O)OC(C)(C)C)CC2)cc1. The number of benzene rings is 2. The molecule has 0 atom stereocenters. The van der Waals surface area contributed by atoms with E-state index in [0.29, 0.717) is 32.0 Å². The number of rotatable bonds is 4. The molecule has 0 unspecified atom stereocenters. The lowest BCUT2D eigenvalue weighted by Gasteiger charge is -2.29. The summed E-state index contributed by atoms with van der Waals surface area (Å²) in [6.07, 6.45) is 5.22. The molecule has 0 saturated carbocycles. The molecule has 5 rings (SSSR count). The smallest absolute Gasteiger partial charge is 0.410 e. The van der Waals surface area contributed by atoms with Crippen molar-refractivity contribution in [3.63, 3.8) is 0 Å². The number of hydrogen-bond acceptors (Lipinski definition) is 6. The molecule has 2 aliphatic heterocycles. The Morgan fingerprint density at radius 1 is 0.659 bits per heavy atom. The van der Waals surface area contributed by atoms with Gasteiger partial charge in [0.15, 0.2) is 11.6 Å². The Bertz CT molecular complexity index is 1570. The Labute approximate surface area is 260 Å². The van der Waals surface area contributed by atoms with Gasteiger partial charge in [-0.25, -0.2) is 19.3 Å². The summed E-state index contributed by atoms with van der Waals surface area (Å²) in [5.74, 6) is 1.46. The number of aromatic nitrogens is 3. The number of aryl methyl sites for hydroxylation is 1. The number of ether oxygens (including phenoxy) is 2. The van der Waals surface area contributed by atoms with E-state index in [1.54, 1.807) is 9.80 Å². The number of hydrogen-bond donors (Lipinski definition) is 0. The van der Waals surface area contributed by atoms with Crippen molar-refractivity contribution in [3.8, 4) is 22.8 Å². The Kier molecular flexibility index (Phi) is 8.68. The zero-order valence-corrected chi connectivity index (χ0v) is 26.9. The highest BCUT2D eigenvalue weighted by Crippen LogP contribution is 2.29. The third-order valence-corrected chi connectivity index (χ3v) is 7.51. The average molecular weight is 598 g/mol. The largest absolute Gasteiger partial charge is 0.444 e. The Hall–Kier alpha value is -4.40. The first-order valence-corrected chi connectivity index (χ1v) is 15.2. The highest BCUT2D eigenvalue weighted by molar-refractivity contribution is 5.75. The van der Waals surface area contributed by atoms with Crippen LogP contribution < -0.4 is 0 Å². The van der Waals surface area contributed by atoms with Crippen molar-refractivity contribution in [2.24, 2.45) is 7.05 Å². The first kappa shape index (κ1) is 31.0. The minimum absolute atomic E-state index is 0.270. The van der Waals surface area contributed by atoms with Crippen LogP contribution in [0.15, 0.2) is 60.7 Å². The maximum atomic E-state index is 12.4. The van der Waals surface area contributed by atoms with Gasteiger partial charge in [0, 0.05) is 44.4 Å². The summed E-state index contributed by atoms with van der Waals surface area (Å²) in [7, 11) is 1.91. The normalized spacial score (nSPS) is 15.9. The third-order valence-electron chi connectivity index (χ3n) is 7.51. The fourth-order valence-electron chi connectivity index (χ4n) is 5.27. The van der Waals surface area contributed by atoms with Crippen LogP contribution in [0.5, 0.6) is 0 Å². The second kappa shape index (κ2) is 12.3. The molecule has 2 amide bonds. The summed E-state index contributed by atoms with van der Waals surface area (Å²) in [4.78, 5) is 33.1. The van der Waals surface area contributed by atoms with Crippen molar-refractivity contribution in [3.05, 3.63) is 71.8 Å². The van der Waals surface area contributed by atoms with Crippen LogP contribution in [0.4, 0.5) is 9.59 Å². The summed E-state index contributed by atoms with van der Waals surface area (Å²) in [6, 6.07) is 16.6. The van der Waals surface area contributed by atoms with Crippen LogP contribution >= 0.6 is 0 Å². The standard InChI is InChI=1S/C35H43N5O4/c1-34(2,3)43-32(41)39-20-16-26(17-21-39)24-8-12-28(13-9-24)30-36-31(38(7)37-30)29-14-10-25(11-15-29)27-18-22-40(23-19-27)33(42)44-35(4,5)6/h8-16,18H,17,19-23H2,1-7H3. The lowest BCUT2D eigenvalue weighted by molar-refractivity contribution is 0.0260. The molecule has 2 aromatic carbocycles. The third kappa shape index (κ3) is 7.56. The van der Waals surface area contributed by atoms with E-state index in [1.165, 1.54) is 11.1 Å². The molecule has 0 saturated heterocycles. The number of carbonyl (C=O) groups excluding carboxylic acids is 2. The second-order valence-corrected chi connectivity index (χ2v) is 13.3. The predicted octanol–water partition coefficient (Wildman–Crippen LogP) is 7.20. The molecule has 0 spiro atoms. The van der Waals surface area contributed by atoms with E-state index in [-0.39, 0.29) is 12.2 Å². The molecule has 1 aromatic heterocycles. The molecule has 0 aliphatic carbocycles. The summed E-state index contributed by atoms with van der Waals surface area (Å²) >= 11 is 0. The van der Waals surface area contributed by atoms with Gasteiger partial charge >= 0.3 is 12.2 Å². The van der Waals surface area contributed by atoms with Gasteiger partial charge in [0.2, 0.25) is 0 Å². The molecule has 9 nitrogen and oxygen atoms in total. The fourth-order valence-corrected chi connectivity index (χ4v) is 5.27.